The lowest BCUT2D eigenvalue weighted by Gasteiger charge is -2.22. The number of aliphatic imine (C=N–C) groups is 1. The van der Waals surface area contributed by atoms with Crippen molar-refractivity contribution in [2.45, 2.75) is 12.1 Å². The molecule has 0 unspecified atom stereocenters. The van der Waals surface area contributed by atoms with E-state index in [1.807, 2.05) is 24.3 Å². The van der Waals surface area contributed by atoms with Crippen molar-refractivity contribution in [2.24, 2.45) is 4.99 Å². The molecule has 0 spiro atoms. The van der Waals surface area contributed by atoms with Gasteiger partial charge in [-0.15, -0.1) is 0 Å². The molecular formula is C17H16I2N2O2. The highest BCUT2D eigenvalue weighted by Gasteiger charge is 2.30. The predicted octanol–water partition coefficient (Wildman–Crippen LogP) is 4.33. The summed E-state index contributed by atoms with van der Waals surface area (Å²) >= 11 is 4.70. The monoisotopic (exact) mass is 534 g/mol. The fourth-order valence-corrected chi connectivity index (χ4v) is 4.29. The number of hydrogen-bond donors (Lipinski definition) is 1. The molecule has 1 aliphatic heterocycles. The van der Waals surface area contributed by atoms with Crippen LogP contribution in [0.25, 0.3) is 0 Å². The number of nitrogens with zero attached hydrogens (tertiary/aromatic N) is 1. The van der Waals surface area contributed by atoms with Crippen LogP contribution in [0.15, 0.2) is 41.4 Å². The van der Waals surface area contributed by atoms with Crippen LogP contribution in [0.4, 0.5) is 0 Å². The van der Waals surface area contributed by atoms with E-state index in [0.29, 0.717) is 0 Å². The van der Waals surface area contributed by atoms with Crippen molar-refractivity contribution >= 4 is 51.5 Å². The molecule has 1 aliphatic rings. The highest BCUT2D eigenvalue weighted by atomic mass is 127. The van der Waals surface area contributed by atoms with Gasteiger partial charge in [-0.1, -0.05) is 12.1 Å². The number of hydrogen-bond acceptors (Lipinski definition) is 4. The van der Waals surface area contributed by atoms with Crippen molar-refractivity contribution in [3.63, 3.8) is 0 Å². The molecule has 0 bridgehead atoms. The van der Waals surface area contributed by atoms with Gasteiger partial charge in [0.15, 0.2) is 0 Å². The van der Waals surface area contributed by atoms with E-state index in [-0.39, 0.29) is 12.1 Å². The molecule has 1 heterocycles. The van der Waals surface area contributed by atoms with Crippen LogP contribution in [-0.2, 0) is 0 Å². The molecule has 0 aromatic heterocycles. The first kappa shape index (κ1) is 16.8. The minimum Gasteiger partial charge on any atom is -0.497 e. The molecule has 1 N–H and O–H groups in total. The topological polar surface area (TPSA) is 42.8 Å². The Labute approximate surface area is 163 Å². The Morgan fingerprint density at radius 2 is 1.48 bits per heavy atom. The fraction of sp³-hybridized carbons (Fsp3) is 0.235. The molecule has 0 aliphatic carbocycles. The normalized spacial score (nSPS) is 19.5. The zero-order valence-electron chi connectivity index (χ0n) is 12.7. The summed E-state index contributed by atoms with van der Waals surface area (Å²) in [5, 5.41) is 3.38. The molecule has 0 saturated carbocycles. The molecular weight excluding hydrogens is 518 g/mol. The molecule has 2 aromatic rings. The average Bonchev–Trinajstić information content (AvgIpc) is 3.03. The third-order valence-corrected chi connectivity index (χ3v) is 5.74. The van der Waals surface area contributed by atoms with Crippen molar-refractivity contribution in [3.8, 4) is 11.5 Å². The Morgan fingerprint density at radius 1 is 0.913 bits per heavy atom. The molecule has 2 aromatic carbocycles. The minimum atomic E-state index is 0.0507. The maximum absolute atomic E-state index is 5.30. The molecule has 3 rings (SSSR count). The van der Waals surface area contributed by atoms with E-state index in [1.54, 1.807) is 20.6 Å². The van der Waals surface area contributed by atoms with Crippen LogP contribution >= 0.6 is 45.2 Å². The van der Waals surface area contributed by atoms with E-state index in [0.717, 1.165) is 15.1 Å². The van der Waals surface area contributed by atoms with Gasteiger partial charge in [0.25, 0.3) is 0 Å². The Balaban J connectivity index is 1.95. The van der Waals surface area contributed by atoms with Crippen molar-refractivity contribution in [1.82, 2.24) is 5.32 Å². The summed E-state index contributed by atoms with van der Waals surface area (Å²) < 4.78 is 12.9. The number of ether oxygens (including phenoxy) is 2. The van der Waals surface area contributed by atoms with Gasteiger partial charge in [-0.25, -0.2) is 0 Å². The van der Waals surface area contributed by atoms with Gasteiger partial charge in [-0.3, -0.25) is 4.99 Å². The summed E-state index contributed by atoms with van der Waals surface area (Å²) in [6, 6.07) is 12.4. The van der Waals surface area contributed by atoms with Crippen molar-refractivity contribution < 1.29 is 9.47 Å². The minimum absolute atomic E-state index is 0.0507. The van der Waals surface area contributed by atoms with Crippen LogP contribution in [0.2, 0.25) is 0 Å². The first-order chi connectivity index (χ1) is 11.1. The SMILES string of the molecule is COc1ccc([C@H]2NC=N[C@H]2c2ccc(OC)cc2I)c(I)c1. The first-order valence-corrected chi connectivity index (χ1v) is 9.24. The van der Waals surface area contributed by atoms with Crippen LogP contribution < -0.4 is 14.8 Å². The second-order valence-corrected chi connectivity index (χ2v) is 7.47. The lowest BCUT2D eigenvalue weighted by molar-refractivity contribution is 0.413. The van der Waals surface area contributed by atoms with Crippen molar-refractivity contribution in [1.29, 1.82) is 0 Å². The van der Waals surface area contributed by atoms with E-state index in [9.17, 15) is 0 Å². The number of nitrogens with one attached hydrogen (secondary N) is 1. The van der Waals surface area contributed by atoms with Crippen molar-refractivity contribution in [2.75, 3.05) is 14.2 Å². The summed E-state index contributed by atoms with van der Waals surface area (Å²) in [6.07, 6.45) is 1.80. The van der Waals surface area contributed by atoms with Crippen LogP contribution in [0, 0.1) is 7.14 Å². The quantitative estimate of drug-likeness (QED) is 0.595. The third kappa shape index (κ3) is 3.42. The van der Waals surface area contributed by atoms with Gasteiger partial charge in [-0.05, 0) is 80.6 Å². The van der Waals surface area contributed by atoms with Gasteiger partial charge < -0.3 is 14.8 Å². The fourth-order valence-electron chi connectivity index (χ4n) is 2.66. The lowest BCUT2D eigenvalue weighted by Crippen LogP contribution is -2.20. The zero-order valence-corrected chi connectivity index (χ0v) is 17.0. The van der Waals surface area contributed by atoms with Crippen LogP contribution in [-0.4, -0.2) is 20.6 Å². The van der Waals surface area contributed by atoms with Gasteiger partial charge in [0.2, 0.25) is 0 Å². The molecule has 0 fully saturated rings. The Morgan fingerprint density at radius 3 is 2.00 bits per heavy atom. The molecule has 6 heteroatoms. The van der Waals surface area contributed by atoms with E-state index >= 15 is 0 Å². The molecule has 2 atom stereocenters. The van der Waals surface area contributed by atoms with E-state index in [4.69, 9.17) is 9.47 Å². The predicted molar refractivity (Wildman–Crippen MR) is 109 cm³/mol. The largest absolute Gasteiger partial charge is 0.497 e. The third-order valence-electron chi connectivity index (χ3n) is 3.87. The standard InChI is InChI=1S/C17H16I2N2O2/c1-22-10-3-5-12(14(18)7-10)16-17(21-9-20-16)13-6-4-11(23-2)8-15(13)19/h3-9,16-17H,1-2H3,(H,20,21)/t16-,17+. The van der Waals surface area contributed by atoms with Gasteiger partial charge in [-0.2, -0.15) is 0 Å². The van der Waals surface area contributed by atoms with Gasteiger partial charge in [0, 0.05) is 7.14 Å². The van der Waals surface area contributed by atoms with E-state index < -0.39 is 0 Å². The molecule has 4 nitrogen and oxygen atoms in total. The maximum Gasteiger partial charge on any atom is 0.119 e. The number of halogens is 2. The second-order valence-electron chi connectivity index (χ2n) is 5.14. The smallest absolute Gasteiger partial charge is 0.119 e. The number of benzene rings is 2. The zero-order chi connectivity index (χ0) is 16.4. The molecule has 23 heavy (non-hydrogen) atoms. The Bertz CT molecular complexity index is 749. The summed E-state index contributed by atoms with van der Waals surface area (Å²) in [7, 11) is 3.37. The maximum atomic E-state index is 5.30. The first-order valence-electron chi connectivity index (χ1n) is 7.08. The number of rotatable bonds is 4. The Hall–Kier alpha value is -1.03. The van der Waals surface area contributed by atoms with Crippen LogP contribution in [0.3, 0.4) is 0 Å². The van der Waals surface area contributed by atoms with Crippen LogP contribution in [0.5, 0.6) is 11.5 Å². The summed E-state index contributed by atoms with van der Waals surface area (Å²) in [5.41, 5.74) is 2.42. The lowest BCUT2D eigenvalue weighted by atomic mass is 9.94. The molecule has 0 saturated heterocycles. The van der Waals surface area contributed by atoms with Gasteiger partial charge in [0.05, 0.1) is 26.6 Å². The van der Waals surface area contributed by atoms with E-state index in [2.05, 4.69) is 67.6 Å². The van der Waals surface area contributed by atoms with Crippen molar-refractivity contribution in [3.05, 3.63) is 54.7 Å². The molecule has 0 amide bonds. The molecule has 120 valence electrons. The summed E-state index contributed by atoms with van der Waals surface area (Å²) in [4.78, 5) is 4.65. The van der Waals surface area contributed by atoms with E-state index in [1.165, 1.54) is 14.7 Å². The average molecular weight is 534 g/mol. The second kappa shape index (κ2) is 7.25. The highest BCUT2D eigenvalue weighted by molar-refractivity contribution is 14.1. The Kier molecular flexibility index (Phi) is 5.30. The molecule has 0 radical (unpaired) electrons. The van der Waals surface area contributed by atoms with Gasteiger partial charge in [0.1, 0.15) is 17.5 Å². The summed E-state index contributed by atoms with van der Waals surface area (Å²) in [5.74, 6) is 1.73. The van der Waals surface area contributed by atoms with Gasteiger partial charge >= 0.3 is 0 Å². The number of methoxy groups -OCH3 is 2. The highest BCUT2D eigenvalue weighted by Crippen LogP contribution is 2.39. The van der Waals surface area contributed by atoms with Crippen LogP contribution in [0.1, 0.15) is 23.2 Å². The summed E-state index contributed by atoms with van der Waals surface area (Å²) in [6.45, 7) is 0.